The third-order valence-corrected chi connectivity index (χ3v) is 3.70. The third kappa shape index (κ3) is 3.78. The van der Waals surface area contributed by atoms with Gasteiger partial charge in [0.1, 0.15) is 5.69 Å². The summed E-state index contributed by atoms with van der Waals surface area (Å²) >= 11 is 0. The van der Waals surface area contributed by atoms with E-state index in [4.69, 9.17) is 0 Å². The van der Waals surface area contributed by atoms with E-state index in [1.807, 2.05) is 0 Å². The quantitative estimate of drug-likeness (QED) is 0.673. The lowest BCUT2D eigenvalue weighted by Crippen LogP contribution is -2.20. The molecule has 0 bridgehead atoms. The summed E-state index contributed by atoms with van der Waals surface area (Å²) in [5.41, 5.74) is 3.16. The minimum Gasteiger partial charge on any atom is -0.272 e. The van der Waals surface area contributed by atoms with Crippen molar-refractivity contribution in [3.63, 3.8) is 0 Å². The Kier molecular flexibility index (Phi) is 4.69. The molecule has 0 unspecified atom stereocenters. The van der Waals surface area contributed by atoms with Crippen LogP contribution in [0.1, 0.15) is 33.1 Å². The van der Waals surface area contributed by atoms with Crippen LogP contribution in [0.5, 0.6) is 0 Å². The van der Waals surface area contributed by atoms with Crippen LogP contribution in [0.25, 0.3) is 0 Å². The minimum atomic E-state index is -0.660. The van der Waals surface area contributed by atoms with Gasteiger partial charge in [-0.3, -0.25) is 25.7 Å². The van der Waals surface area contributed by atoms with E-state index in [9.17, 15) is 20.2 Å². The predicted molar refractivity (Wildman–Crippen MR) is 83.0 cm³/mol. The maximum absolute atomic E-state index is 11.0. The summed E-state index contributed by atoms with van der Waals surface area (Å²) in [7, 11) is 0. The molecule has 1 aromatic carbocycles. The van der Waals surface area contributed by atoms with Crippen LogP contribution in [0, 0.1) is 32.1 Å². The lowest BCUT2D eigenvalue weighted by Gasteiger charge is -2.25. The van der Waals surface area contributed by atoms with Gasteiger partial charge in [-0.2, -0.15) is 5.10 Å². The number of nitro groups is 2. The molecule has 8 heteroatoms. The summed E-state index contributed by atoms with van der Waals surface area (Å²) in [5, 5.41) is 26.0. The first-order chi connectivity index (χ1) is 10.4. The SMILES string of the molecule is C[C@@H]1CC(=NNc2ccc([N+](=O)[O-])cc2[N+](=O)[O-])C[C@H](C)C1. The molecule has 118 valence electrons. The Morgan fingerprint density at radius 3 is 2.32 bits per heavy atom. The van der Waals surface area contributed by atoms with Gasteiger partial charge in [-0.25, -0.2) is 0 Å². The van der Waals surface area contributed by atoms with Crippen molar-refractivity contribution in [2.24, 2.45) is 16.9 Å². The van der Waals surface area contributed by atoms with Crippen LogP contribution in [-0.2, 0) is 0 Å². The van der Waals surface area contributed by atoms with Gasteiger partial charge in [0.15, 0.2) is 0 Å². The second kappa shape index (κ2) is 6.50. The fourth-order valence-corrected chi connectivity index (χ4v) is 2.85. The summed E-state index contributed by atoms with van der Waals surface area (Å²) in [6.45, 7) is 4.30. The molecule has 1 saturated carbocycles. The second-order valence-corrected chi connectivity index (χ2v) is 5.86. The lowest BCUT2D eigenvalue weighted by atomic mass is 9.82. The van der Waals surface area contributed by atoms with Gasteiger partial charge in [0.25, 0.3) is 5.69 Å². The number of rotatable bonds is 4. The molecule has 1 aliphatic rings. The summed E-state index contributed by atoms with van der Waals surface area (Å²) in [4.78, 5) is 20.4. The number of hydrogen-bond donors (Lipinski definition) is 1. The molecule has 0 aromatic heterocycles. The number of hydrogen-bond acceptors (Lipinski definition) is 6. The van der Waals surface area contributed by atoms with Gasteiger partial charge in [-0.15, -0.1) is 0 Å². The largest absolute Gasteiger partial charge is 0.301 e. The zero-order chi connectivity index (χ0) is 16.3. The fraction of sp³-hybridized carbons (Fsp3) is 0.500. The Morgan fingerprint density at radius 2 is 1.77 bits per heavy atom. The van der Waals surface area contributed by atoms with Crippen LogP contribution < -0.4 is 5.43 Å². The Hall–Kier alpha value is -2.51. The number of nitrogens with one attached hydrogen (secondary N) is 1. The molecule has 0 radical (unpaired) electrons. The first-order valence-corrected chi connectivity index (χ1v) is 7.11. The van der Waals surface area contributed by atoms with Crippen LogP contribution in [-0.4, -0.2) is 15.6 Å². The highest BCUT2D eigenvalue weighted by Gasteiger charge is 2.22. The molecule has 0 aliphatic heterocycles. The van der Waals surface area contributed by atoms with E-state index >= 15 is 0 Å². The lowest BCUT2D eigenvalue weighted by molar-refractivity contribution is -0.393. The molecule has 1 fully saturated rings. The van der Waals surface area contributed by atoms with Crippen molar-refractivity contribution >= 4 is 22.8 Å². The molecule has 0 spiro atoms. The first-order valence-electron chi connectivity index (χ1n) is 7.11. The van der Waals surface area contributed by atoms with E-state index in [0.717, 1.165) is 31.0 Å². The maximum Gasteiger partial charge on any atom is 0.301 e. The van der Waals surface area contributed by atoms with Crippen molar-refractivity contribution in [2.45, 2.75) is 33.1 Å². The van der Waals surface area contributed by atoms with E-state index in [2.05, 4.69) is 24.4 Å². The van der Waals surface area contributed by atoms with Gasteiger partial charge >= 0.3 is 5.69 Å². The van der Waals surface area contributed by atoms with E-state index in [1.54, 1.807) is 0 Å². The normalized spacial score (nSPS) is 23.3. The average Bonchev–Trinajstić information content (AvgIpc) is 2.43. The molecule has 22 heavy (non-hydrogen) atoms. The molecule has 0 heterocycles. The molecule has 1 N–H and O–H groups in total. The monoisotopic (exact) mass is 306 g/mol. The molecule has 2 rings (SSSR count). The first kappa shape index (κ1) is 15.9. The van der Waals surface area contributed by atoms with Gasteiger partial charge in [-0.1, -0.05) is 13.8 Å². The van der Waals surface area contributed by atoms with Gasteiger partial charge in [-0.05, 0) is 37.2 Å². The Morgan fingerprint density at radius 1 is 1.14 bits per heavy atom. The van der Waals surface area contributed by atoms with Crippen LogP contribution in [0.4, 0.5) is 17.1 Å². The number of nitrogens with zero attached hydrogens (tertiary/aromatic N) is 3. The number of non-ortho nitro benzene ring substituents is 1. The molecule has 8 nitrogen and oxygen atoms in total. The van der Waals surface area contributed by atoms with Gasteiger partial charge in [0, 0.05) is 11.8 Å². The van der Waals surface area contributed by atoms with Crippen LogP contribution >= 0.6 is 0 Å². The predicted octanol–water partition coefficient (Wildman–Crippen LogP) is 3.73. The Bertz CT molecular complexity index is 617. The number of nitro benzene ring substituents is 2. The van der Waals surface area contributed by atoms with Gasteiger partial charge in [0.2, 0.25) is 0 Å². The molecule has 0 saturated heterocycles. The molecule has 1 aliphatic carbocycles. The van der Waals surface area contributed by atoms with Crippen molar-refractivity contribution in [3.05, 3.63) is 38.4 Å². The van der Waals surface area contributed by atoms with E-state index in [1.165, 1.54) is 12.1 Å². The summed E-state index contributed by atoms with van der Waals surface area (Å²) in [6.07, 6.45) is 2.87. The topological polar surface area (TPSA) is 111 Å². The molecule has 0 amide bonds. The van der Waals surface area contributed by atoms with Crippen molar-refractivity contribution in [2.75, 3.05) is 5.43 Å². The zero-order valence-electron chi connectivity index (χ0n) is 12.5. The van der Waals surface area contributed by atoms with E-state index in [-0.39, 0.29) is 17.1 Å². The highest BCUT2D eigenvalue weighted by molar-refractivity contribution is 5.86. The summed E-state index contributed by atoms with van der Waals surface area (Å²) in [6, 6.07) is 3.48. The summed E-state index contributed by atoms with van der Waals surface area (Å²) in [5.74, 6) is 1.08. The standard InChI is InChI=1S/C14H18N4O4/c1-9-5-10(2)7-11(6-9)15-16-13-4-3-12(17(19)20)8-14(13)18(21)22/h3-4,8-10,16H,5-7H2,1-2H3/t9-,10+. The van der Waals surface area contributed by atoms with E-state index in [0.29, 0.717) is 11.8 Å². The molecular weight excluding hydrogens is 288 g/mol. The number of hydrazone groups is 1. The summed E-state index contributed by atoms with van der Waals surface area (Å²) < 4.78 is 0. The van der Waals surface area contributed by atoms with Crippen LogP contribution in [0.3, 0.4) is 0 Å². The van der Waals surface area contributed by atoms with Crippen molar-refractivity contribution in [1.29, 1.82) is 0 Å². The van der Waals surface area contributed by atoms with Gasteiger partial charge < -0.3 is 0 Å². The van der Waals surface area contributed by atoms with Gasteiger partial charge in [0.05, 0.1) is 15.9 Å². The van der Waals surface area contributed by atoms with Crippen molar-refractivity contribution in [1.82, 2.24) is 0 Å². The number of benzene rings is 1. The smallest absolute Gasteiger partial charge is 0.272 e. The third-order valence-electron chi connectivity index (χ3n) is 3.70. The average molecular weight is 306 g/mol. The number of anilines is 1. The maximum atomic E-state index is 11.0. The Labute approximate surface area is 127 Å². The highest BCUT2D eigenvalue weighted by atomic mass is 16.6. The van der Waals surface area contributed by atoms with Crippen LogP contribution in [0.15, 0.2) is 23.3 Å². The van der Waals surface area contributed by atoms with Crippen molar-refractivity contribution < 1.29 is 9.85 Å². The Balaban J connectivity index is 2.22. The van der Waals surface area contributed by atoms with Crippen LogP contribution in [0.2, 0.25) is 0 Å². The molecule has 1 aromatic rings. The molecular formula is C14H18N4O4. The zero-order valence-corrected chi connectivity index (χ0v) is 12.5. The fourth-order valence-electron chi connectivity index (χ4n) is 2.85. The highest BCUT2D eigenvalue weighted by Crippen LogP contribution is 2.30. The van der Waals surface area contributed by atoms with E-state index < -0.39 is 9.85 Å². The van der Waals surface area contributed by atoms with Crippen molar-refractivity contribution in [3.8, 4) is 0 Å². The second-order valence-electron chi connectivity index (χ2n) is 5.86. The minimum absolute atomic E-state index is 0.161. The molecule has 2 atom stereocenters.